The van der Waals surface area contributed by atoms with Gasteiger partial charge < -0.3 is 14.8 Å². The van der Waals surface area contributed by atoms with Gasteiger partial charge in [0.25, 0.3) is 0 Å². The van der Waals surface area contributed by atoms with Gasteiger partial charge in [-0.2, -0.15) is 0 Å². The van der Waals surface area contributed by atoms with Gasteiger partial charge in [-0.25, -0.2) is 4.79 Å². The third kappa shape index (κ3) is 4.83. The summed E-state index contributed by atoms with van der Waals surface area (Å²) >= 11 is 0. The fourth-order valence-electron chi connectivity index (χ4n) is 2.53. The maximum absolute atomic E-state index is 12.3. The molecular weight excluding hydrogens is 318 g/mol. The van der Waals surface area contributed by atoms with E-state index in [9.17, 15) is 9.59 Å². The highest BCUT2D eigenvalue weighted by atomic mass is 16.5. The molecule has 0 aliphatic rings. The molecule has 0 spiro atoms. The van der Waals surface area contributed by atoms with Gasteiger partial charge in [0.2, 0.25) is 5.91 Å². The molecule has 0 unspecified atom stereocenters. The van der Waals surface area contributed by atoms with Crippen molar-refractivity contribution < 1.29 is 19.1 Å². The molecule has 25 heavy (non-hydrogen) atoms. The maximum atomic E-state index is 12.3. The Morgan fingerprint density at radius 1 is 1.04 bits per heavy atom. The molecule has 0 aromatic heterocycles. The standard InChI is InChI=1S/C20H23NO4/c1-5-25-20(23)16-8-6-13(2)17(12-16)21-19(22)11-15-7-9-18(24-4)14(3)10-15/h6-10,12H,5,11H2,1-4H3,(H,21,22). The molecule has 5 heteroatoms. The summed E-state index contributed by atoms with van der Waals surface area (Å²) in [7, 11) is 1.62. The Bertz CT molecular complexity index is 783. The highest BCUT2D eigenvalue weighted by Crippen LogP contribution is 2.20. The summed E-state index contributed by atoms with van der Waals surface area (Å²) in [6.07, 6.45) is 0.244. The van der Waals surface area contributed by atoms with E-state index in [1.165, 1.54) is 0 Å². The van der Waals surface area contributed by atoms with Crippen LogP contribution in [-0.4, -0.2) is 25.6 Å². The molecule has 132 valence electrons. The second-order valence-corrected chi connectivity index (χ2v) is 5.78. The number of amides is 1. The number of methoxy groups -OCH3 is 1. The molecule has 2 aromatic rings. The Morgan fingerprint density at radius 2 is 1.80 bits per heavy atom. The van der Waals surface area contributed by atoms with E-state index in [1.807, 2.05) is 32.0 Å². The highest BCUT2D eigenvalue weighted by molar-refractivity contribution is 5.96. The molecule has 2 rings (SSSR count). The van der Waals surface area contributed by atoms with Crippen LogP contribution in [0.5, 0.6) is 5.75 Å². The van der Waals surface area contributed by atoms with E-state index in [-0.39, 0.29) is 12.3 Å². The van der Waals surface area contributed by atoms with Crippen LogP contribution in [0.4, 0.5) is 5.69 Å². The minimum absolute atomic E-state index is 0.145. The van der Waals surface area contributed by atoms with Gasteiger partial charge in [0.15, 0.2) is 0 Å². The number of hydrogen-bond acceptors (Lipinski definition) is 4. The van der Waals surface area contributed by atoms with Gasteiger partial charge >= 0.3 is 5.97 Å². The molecule has 0 aliphatic heterocycles. The Balaban J connectivity index is 2.11. The number of benzene rings is 2. The summed E-state index contributed by atoms with van der Waals surface area (Å²) in [6.45, 7) is 5.88. The molecule has 0 heterocycles. The van der Waals surface area contributed by atoms with Gasteiger partial charge in [-0.3, -0.25) is 4.79 Å². The highest BCUT2D eigenvalue weighted by Gasteiger charge is 2.12. The number of aryl methyl sites for hydroxylation is 2. The lowest BCUT2D eigenvalue weighted by Crippen LogP contribution is -2.16. The lowest BCUT2D eigenvalue weighted by atomic mass is 10.1. The molecule has 2 aromatic carbocycles. The van der Waals surface area contributed by atoms with Gasteiger partial charge in [-0.05, 0) is 55.7 Å². The second kappa shape index (κ2) is 8.33. The summed E-state index contributed by atoms with van der Waals surface area (Å²) in [6, 6.07) is 10.8. The van der Waals surface area contributed by atoms with E-state index in [1.54, 1.807) is 32.2 Å². The number of carbonyl (C=O) groups is 2. The van der Waals surface area contributed by atoms with Crippen LogP contribution in [0, 0.1) is 13.8 Å². The van der Waals surface area contributed by atoms with Crippen LogP contribution in [-0.2, 0) is 16.0 Å². The minimum Gasteiger partial charge on any atom is -0.496 e. The number of rotatable bonds is 6. The van der Waals surface area contributed by atoms with E-state index in [2.05, 4.69) is 5.32 Å². The quantitative estimate of drug-likeness (QED) is 0.814. The van der Waals surface area contributed by atoms with Gasteiger partial charge in [0.1, 0.15) is 5.75 Å². The third-order valence-corrected chi connectivity index (χ3v) is 3.85. The van der Waals surface area contributed by atoms with Crippen molar-refractivity contribution in [2.75, 3.05) is 19.0 Å². The zero-order valence-corrected chi connectivity index (χ0v) is 15.0. The van der Waals surface area contributed by atoms with Crippen LogP contribution in [0.2, 0.25) is 0 Å². The predicted octanol–water partition coefficient (Wildman–Crippen LogP) is 3.67. The maximum Gasteiger partial charge on any atom is 0.338 e. The number of carbonyl (C=O) groups excluding carboxylic acids is 2. The minimum atomic E-state index is -0.399. The first kappa shape index (κ1) is 18.5. The number of nitrogens with one attached hydrogen (secondary N) is 1. The van der Waals surface area contributed by atoms with E-state index in [0.717, 1.165) is 22.4 Å². The van der Waals surface area contributed by atoms with Crippen molar-refractivity contribution in [3.05, 3.63) is 58.7 Å². The molecule has 1 amide bonds. The van der Waals surface area contributed by atoms with Gasteiger partial charge in [-0.1, -0.05) is 18.2 Å². The number of anilines is 1. The van der Waals surface area contributed by atoms with Crippen molar-refractivity contribution in [2.45, 2.75) is 27.2 Å². The molecule has 5 nitrogen and oxygen atoms in total. The number of ether oxygens (including phenoxy) is 2. The van der Waals surface area contributed by atoms with Crippen LogP contribution in [0.15, 0.2) is 36.4 Å². The van der Waals surface area contributed by atoms with Crippen LogP contribution >= 0.6 is 0 Å². The Hall–Kier alpha value is -2.82. The molecule has 0 radical (unpaired) electrons. The summed E-state index contributed by atoms with van der Waals surface area (Å²) in [5, 5.41) is 2.87. The fraction of sp³-hybridized carbons (Fsp3) is 0.300. The van der Waals surface area contributed by atoms with Crippen LogP contribution < -0.4 is 10.1 Å². The summed E-state index contributed by atoms with van der Waals surface area (Å²) in [4.78, 5) is 24.2. The van der Waals surface area contributed by atoms with Crippen molar-refractivity contribution in [3.8, 4) is 5.75 Å². The summed E-state index contributed by atoms with van der Waals surface area (Å²) in [5.41, 5.74) is 3.79. The van der Waals surface area contributed by atoms with Gasteiger partial charge in [0.05, 0.1) is 25.7 Å². The Labute approximate surface area is 148 Å². The molecule has 0 saturated heterocycles. The van der Waals surface area contributed by atoms with Gasteiger partial charge in [0, 0.05) is 5.69 Å². The Morgan fingerprint density at radius 3 is 2.44 bits per heavy atom. The van der Waals surface area contributed by atoms with E-state index in [4.69, 9.17) is 9.47 Å². The van der Waals surface area contributed by atoms with E-state index < -0.39 is 5.97 Å². The SMILES string of the molecule is CCOC(=O)c1ccc(C)c(NC(=O)Cc2ccc(OC)c(C)c2)c1. The van der Waals surface area contributed by atoms with Crippen molar-refractivity contribution in [3.63, 3.8) is 0 Å². The zero-order chi connectivity index (χ0) is 18.4. The van der Waals surface area contributed by atoms with Crippen molar-refractivity contribution in [1.82, 2.24) is 0 Å². The monoisotopic (exact) mass is 341 g/mol. The average molecular weight is 341 g/mol. The first-order valence-corrected chi connectivity index (χ1v) is 8.15. The van der Waals surface area contributed by atoms with Crippen molar-refractivity contribution in [2.24, 2.45) is 0 Å². The lowest BCUT2D eigenvalue weighted by Gasteiger charge is -2.11. The first-order chi connectivity index (χ1) is 11.9. The number of hydrogen-bond donors (Lipinski definition) is 1. The molecule has 1 N–H and O–H groups in total. The average Bonchev–Trinajstić information content (AvgIpc) is 2.57. The van der Waals surface area contributed by atoms with Crippen molar-refractivity contribution in [1.29, 1.82) is 0 Å². The molecule has 0 saturated carbocycles. The third-order valence-electron chi connectivity index (χ3n) is 3.85. The molecule has 0 atom stereocenters. The van der Waals surface area contributed by atoms with E-state index >= 15 is 0 Å². The van der Waals surface area contributed by atoms with Crippen LogP contribution in [0.3, 0.4) is 0 Å². The molecular formula is C20H23NO4. The van der Waals surface area contributed by atoms with Crippen molar-refractivity contribution >= 4 is 17.6 Å². The summed E-state index contributed by atoms with van der Waals surface area (Å²) in [5.74, 6) is 0.250. The predicted molar refractivity (Wildman–Crippen MR) is 97.2 cm³/mol. The molecule has 0 aliphatic carbocycles. The molecule has 0 fully saturated rings. The second-order valence-electron chi connectivity index (χ2n) is 5.78. The zero-order valence-electron chi connectivity index (χ0n) is 15.0. The van der Waals surface area contributed by atoms with Crippen LogP contribution in [0.25, 0.3) is 0 Å². The Kier molecular flexibility index (Phi) is 6.17. The van der Waals surface area contributed by atoms with Crippen LogP contribution in [0.1, 0.15) is 34.0 Å². The number of esters is 1. The van der Waals surface area contributed by atoms with Gasteiger partial charge in [-0.15, -0.1) is 0 Å². The smallest absolute Gasteiger partial charge is 0.338 e. The fourth-order valence-corrected chi connectivity index (χ4v) is 2.53. The first-order valence-electron chi connectivity index (χ1n) is 8.15. The summed E-state index contributed by atoms with van der Waals surface area (Å²) < 4.78 is 10.2. The topological polar surface area (TPSA) is 64.6 Å². The normalized spacial score (nSPS) is 10.2. The molecule has 0 bridgehead atoms. The van der Waals surface area contributed by atoms with E-state index in [0.29, 0.717) is 17.9 Å². The largest absolute Gasteiger partial charge is 0.496 e. The lowest BCUT2D eigenvalue weighted by molar-refractivity contribution is -0.115.